The Hall–Kier alpha value is -1.89. The summed E-state index contributed by atoms with van der Waals surface area (Å²) in [4.78, 5) is 24.9. The van der Waals surface area contributed by atoms with Crippen LogP contribution in [0.15, 0.2) is 46.9 Å². The zero-order valence-electron chi connectivity index (χ0n) is 12.4. The van der Waals surface area contributed by atoms with Crippen molar-refractivity contribution in [2.75, 3.05) is 12.4 Å². The summed E-state index contributed by atoms with van der Waals surface area (Å²) in [5.41, 5.74) is 0.626. The topological polar surface area (TPSA) is 55.4 Å². The van der Waals surface area contributed by atoms with Gasteiger partial charge in [0, 0.05) is 14.6 Å². The number of hydrogen-bond donors (Lipinski definition) is 1. The van der Waals surface area contributed by atoms with Crippen LogP contribution in [0.2, 0.25) is 5.02 Å². The van der Waals surface area contributed by atoms with Gasteiger partial charge >= 0.3 is 5.97 Å². The van der Waals surface area contributed by atoms with Crippen LogP contribution in [-0.4, -0.2) is 19.0 Å². The van der Waals surface area contributed by atoms with Crippen LogP contribution in [0.3, 0.4) is 0 Å². The minimum Gasteiger partial charge on any atom is -0.465 e. The van der Waals surface area contributed by atoms with Crippen LogP contribution in [0, 0.1) is 0 Å². The highest BCUT2D eigenvalue weighted by Crippen LogP contribution is 2.35. The fourth-order valence-electron chi connectivity index (χ4n) is 2.25. The van der Waals surface area contributed by atoms with Crippen molar-refractivity contribution in [2.45, 2.75) is 0 Å². The van der Waals surface area contributed by atoms with E-state index in [2.05, 4.69) is 21.2 Å². The van der Waals surface area contributed by atoms with Crippen molar-refractivity contribution in [3.8, 4) is 0 Å². The van der Waals surface area contributed by atoms with E-state index in [0.717, 1.165) is 14.6 Å². The Bertz CT molecular complexity index is 954. The number of esters is 1. The van der Waals surface area contributed by atoms with Crippen LogP contribution in [0.25, 0.3) is 10.1 Å². The first-order chi connectivity index (χ1) is 11.5. The Morgan fingerprint density at radius 3 is 2.67 bits per heavy atom. The number of methoxy groups -OCH3 is 1. The van der Waals surface area contributed by atoms with Gasteiger partial charge in [-0.25, -0.2) is 4.79 Å². The van der Waals surface area contributed by atoms with E-state index in [4.69, 9.17) is 16.3 Å². The first-order valence-corrected chi connectivity index (χ1v) is 8.86. The Morgan fingerprint density at radius 2 is 1.96 bits per heavy atom. The third-order valence-corrected chi connectivity index (χ3v) is 5.54. The summed E-state index contributed by atoms with van der Waals surface area (Å²) in [6.45, 7) is 0. The van der Waals surface area contributed by atoms with Crippen molar-refractivity contribution in [2.24, 2.45) is 0 Å². The lowest BCUT2D eigenvalue weighted by Gasteiger charge is -2.10. The van der Waals surface area contributed by atoms with Crippen molar-refractivity contribution in [1.82, 2.24) is 0 Å². The number of fused-ring (bicyclic) bond motifs is 1. The van der Waals surface area contributed by atoms with Gasteiger partial charge in [0.15, 0.2) is 0 Å². The molecule has 0 aliphatic heterocycles. The largest absolute Gasteiger partial charge is 0.465 e. The smallest absolute Gasteiger partial charge is 0.339 e. The van der Waals surface area contributed by atoms with Crippen molar-refractivity contribution in [3.05, 3.63) is 62.4 Å². The number of amides is 1. The molecule has 0 aliphatic rings. The van der Waals surface area contributed by atoms with Crippen LogP contribution < -0.4 is 5.32 Å². The van der Waals surface area contributed by atoms with E-state index in [1.807, 2.05) is 24.3 Å². The molecule has 0 spiro atoms. The van der Waals surface area contributed by atoms with Gasteiger partial charge in [0.1, 0.15) is 4.88 Å². The van der Waals surface area contributed by atoms with Crippen LogP contribution in [0.4, 0.5) is 5.69 Å². The molecule has 1 aromatic heterocycles. The van der Waals surface area contributed by atoms with Crippen LogP contribution in [0.5, 0.6) is 0 Å². The van der Waals surface area contributed by atoms with Crippen LogP contribution >= 0.6 is 38.9 Å². The maximum Gasteiger partial charge on any atom is 0.339 e. The van der Waals surface area contributed by atoms with Crippen molar-refractivity contribution in [3.63, 3.8) is 0 Å². The SMILES string of the molecule is COC(=O)c1ccc(Br)cc1NC(=O)c1sc2ccccc2c1Cl. The van der Waals surface area contributed by atoms with Gasteiger partial charge in [0.25, 0.3) is 5.91 Å². The summed E-state index contributed by atoms with van der Waals surface area (Å²) >= 11 is 11.0. The Balaban J connectivity index is 1.99. The number of carbonyl (C=O) groups is 2. The van der Waals surface area contributed by atoms with Gasteiger partial charge in [0.2, 0.25) is 0 Å². The van der Waals surface area contributed by atoms with Gasteiger partial charge in [-0.05, 0) is 24.3 Å². The third-order valence-electron chi connectivity index (χ3n) is 3.38. The van der Waals surface area contributed by atoms with E-state index in [9.17, 15) is 9.59 Å². The predicted octanol–water partition coefficient (Wildman–Crippen LogP) is 5.36. The van der Waals surface area contributed by atoms with Crippen molar-refractivity contribution >= 4 is 66.5 Å². The number of anilines is 1. The molecule has 24 heavy (non-hydrogen) atoms. The molecule has 7 heteroatoms. The molecule has 3 aromatic rings. The molecular weight excluding hydrogens is 414 g/mol. The molecule has 0 atom stereocenters. The number of thiophene rings is 1. The molecular formula is C17H11BrClNO3S. The van der Waals surface area contributed by atoms with Gasteiger partial charge in [-0.1, -0.05) is 45.7 Å². The molecule has 2 aromatic carbocycles. The van der Waals surface area contributed by atoms with E-state index in [1.165, 1.54) is 18.4 Å². The number of halogens is 2. The molecule has 3 rings (SSSR count). The van der Waals surface area contributed by atoms with Gasteiger partial charge in [-0.3, -0.25) is 4.79 Å². The summed E-state index contributed by atoms with van der Waals surface area (Å²) in [6, 6.07) is 12.5. The number of carbonyl (C=O) groups excluding carboxylic acids is 2. The molecule has 0 bridgehead atoms. The number of hydrogen-bond acceptors (Lipinski definition) is 4. The van der Waals surface area contributed by atoms with Crippen molar-refractivity contribution in [1.29, 1.82) is 0 Å². The quantitative estimate of drug-likeness (QED) is 0.576. The van der Waals surface area contributed by atoms with Crippen LogP contribution in [0.1, 0.15) is 20.0 Å². The molecule has 0 saturated carbocycles. The maximum absolute atomic E-state index is 12.6. The second kappa shape index (κ2) is 6.93. The van der Waals surface area contributed by atoms with E-state index in [0.29, 0.717) is 15.6 Å². The highest BCUT2D eigenvalue weighted by Gasteiger charge is 2.20. The molecule has 1 N–H and O–H groups in total. The molecule has 4 nitrogen and oxygen atoms in total. The minimum atomic E-state index is -0.528. The predicted molar refractivity (Wildman–Crippen MR) is 100 cm³/mol. The fourth-order valence-corrected chi connectivity index (χ4v) is 4.02. The first-order valence-electron chi connectivity index (χ1n) is 6.87. The zero-order valence-corrected chi connectivity index (χ0v) is 15.6. The summed E-state index contributed by atoms with van der Waals surface area (Å²) in [6.07, 6.45) is 0. The summed E-state index contributed by atoms with van der Waals surface area (Å²) < 4.78 is 6.40. The standard InChI is InChI=1S/C17H11BrClNO3S/c1-23-17(22)10-7-6-9(18)8-12(10)20-16(21)15-14(19)11-4-2-3-5-13(11)24-15/h2-8H,1H3,(H,20,21). The highest BCUT2D eigenvalue weighted by atomic mass is 79.9. The molecule has 0 aliphatic carbocycles. The Kier molecular flexibility index (Phi) is 4.89. The van der Waals surface area contributed by atoms with Crippen LogP contribution in [-0.2, 0) is 4.74 Å². The average Bonchev–Trinajstić information content (AvgIpc) is 2.92. The van der Waals surface area contributed by atoms with E-state index < -0.39 is 5.97 Å². The third kappa shape index (κ3) is 3.17. The summed E-state index contributed by atoms with van der Waals surface area (Å²) in [7, 11) is 1.29. The minimum absolute atomic E-state index is 0.270. The second-order valence-corrected chi connectivity index (χ2v) is 7.22. The van der Waals surface area contributed by atoms with Gasteiger partial charge in [0.05, 0.1) is 23.4 Å². The monoisotopic (exact) mass is 423 g/mol. The summed E-state index contributed by atoms with van der Waals surface area (Å²) in [5.74, 6) is -0.898. The van der Waals surface area contributed by atoms with Gasteiger partial charge in [-0.2, -0.15) is 0 Å². The van der Waals surface area contributed by atoms with Gasteiger partial charge < -0.3 is 10.1 Å². The summed E-state index contributed by atoms with van der Waals surface area (Å²) in [5, 5.41) is 3.98. The number of nitrogens with one attached hydrogen (secondary N) is 1. The van der Waals surface area contributed by atoms with E-state index >= 15 is 0 Å². The molecule has 1 heterocycles. The molecule has 0 fully saturated rings. The lowest BCUT2D eigenvalue weighted by Crippen LogP contribution is -2.14. The highest BCUT2D eigenvalue weighted by molar-refractivity contribution is 9.10. The molecule has 1 amide bonds. The Morgan fingerprint density at radius 1 is 1.21 bits per heavy atom. The fraction of sp³-hybridized carbons (Fsp3) is 0.0588. The van der Waals surface area contributed by atoms with Gasteiger partial charge in [-0.15, -0.1) is 11.3 Å². The average molecular weight is 425 g/mol. The van der Waals surface area contributed by atoms with E-state index in [1.54, 1.807) is 18.2 Å². The van der Waals surface area contributed by atoms with Crippen molar-refractivity contribution < 1.29 is 14.3 Å². The lowest BCUT2D eigenvalue weighted by atomic mass is 10.1. The number of rotatable bonds is 3. The lowest BCUT2D eigenvalue weighted by molar-refractivity contribution is 0.0602. The first kappa shape index (κ1) is 17.0. The molecule has 0 unspecified atom stereocenters. The molecule has 0 radical (unpaired) electrons. The van der Waals surface area contributed by atoms with E-state index in [-0.39, 0.29) is 11.5 Å². The Labute approximate surface area is 155 Å². The number of benzene rings is 2. The number of ether oxygens (including phenoxy) is 1. The molecule has 0 saturated heterocycles. The maximum atomic E-state index is 12.6. The molecule has 122 valence electrons. The normalized spacial score (nSPS) is 10.6. The zero-order chi connectivity index (χ0) is 17.3. The second-order valence-electron chi connectivity index (χ2n) is 4.88.